The van der Waals surface area contributed by atoms with Gasteiger partial charge < -0.3 is 10.5 Å². The smallest absolute Gasteiger partial charge is 0.165 e. The van der Waals surface area contributed by atoms with Crippen LogP contribution in [0.2, 0.25) is 0 Å². The Kier molecular flexibility index (Phi) is 2.77. The highest BCUT2D eigenvalue weighted by molar-refractivity contribution is 5.80. The summed E-state index contributed by atoms with van der Waals surface area (Å²) in [6.07, 6.45) is 0. The van der Waals surface area contributed by atoms with Gasteiger partial charge in [-0.1, -0.05) is 30.3 Å². The number of hydrogen-bond acceptors (Lipinski definition) is 2. The molecule has 0 amide bonds. The third kappa shape index (κ3) is 1.72. The molecule has 0 atom stereocenters. The minimum atomic E-state index is -0.386. The zero-order valence-corrected chi connectivity index (χ0v) is 8.91. The molecule has 0 fully saturated rings. The molecule has 16 heavy (non-hydrogen) atoms. The zero-order chi connectivity index (χ0) is 11.5. The Morgan fingerprint density at radius 1 is 1.00 bits per heavy atom. The van der Waals surface area contributed by atoms with Crippen LogP contribution in [0.1, 0.15) is 0 Å². The predicted octanol–water partition coefficient (Wildman–Crippen LogP) is 3.08. The van der Waals surface area contributed by atoms with Gasteiger partial charge in [0.2, 0.25) is 0 Å². The van der Waals surface area contributed by atoms with E-state index in [0.29, 0.717) is 11.3 Å². The first kappa shape index (κ1) is 10.5. The van der Waals surface area contributed by atoms with E-state index >= 15 is 0 Å². The van der Waals surface area contributed by atoms with Crippen LogP contribution in [0.3, 0.4) is 0 Å². The van der Waals surface area contributed by atoms with Crippen LogP contribution in [0, 0.1) is 5.82 Å². The highest BCUT2D eigenvalue weighted by Gasteiger charge is 2.11. The maximum atomic E-state index is 13.5. The third-order valence-electron chi connectivity index (χ3n) is 2.42. The normalized spacial score (nSPS) is 10.1. The van der Waals surface area contributed by atoms with Crippen molar-refractivity contribution < 1.29 is 9.13 Å². The van der Waals surface area contributed by atoms with Crippen LogP contribution >= 0.6 is 0 Å². The summed E-state index contributed by atoms with van der Waals surface area (Å²) in [5.74, 6) is -0.163. The summed E-state index contributed by atoms with van der Waals surface area (Å²) in [4.78, 5) is 0. The lowest BCUT2D eigenvalue weighted by Crippen LogP contribution is -1.94. The van der Waals surface area contributed by atoms with Crippen molar-refractivity contribution >= 4 is 5.69 Å². The molecule has 82 valence electrons. The molecule has 0 bridgehead atoms. The number of ether oxygens (including phenoxy) is 1. The average molecular weight is 217 g/mol. The van der Waals surface area contributed by atoms with E-state index in [9.17, 15) is 4.39 Å². The third-order valence-corrected chi connectivity index (χ3v) is 2.42. The average Bonchev–Trinajstić information content (AvgIpc) is 2.29. The molecule has 2 aromatic rings. The largest absolute Gasteiger partial charge is 0.493 e. The van der Waals surface area contributed by atoms with Gasteiger partial charge in [-0.25, -0.2) is 4.39 Å². The Morgan fingerprint density at radius 3 is 2.38 bits per heavy atom. The van der Waals surface area contributed by atoms with Crippen LogP contribution in [0.15, 0.2) is 42.5 Å². The standard InChI is InChI=1S/C13H12FNO/c1-16-13-10(6-4-7-11(13)14)9-5-2-3-8-12(9)15/h2-8H,15H2,1H3. The van der Waals surface area contributed by atoms with E-state index in [1.165, 1.54) is 13.2 Å². The fourth-order valence-corrected chi connectivity index (χ4v) is 1.67. The first-order chi connectivity index (χ1) is 7.74. The monoisotopic (exact) mass is 217 g/mol. The molecule has 0 heterocycles. The van der Waals surface area contributed by atoms with Gasteiger partial charge in [-0.05, 0) is 12.1 Å². The first-order valence-electron chi connectivity index (χ1n) is 4.91. The summed E-state index contributed by atoms with van der Waals surface area (Å²) >= 11 is 0. The van der Waals surface area contributed by atoms with E-state index in [0.717, 1.165) is 5.56 Å². The number of para-hydroxylation sites is 2. The van der Waals surface area contributed by atoms with Gasteiger partial charge >= 0.3 is 0 Å². The molecule has 0 spiro atoms. The molecule has 0 unspecified atom stereocenters. The predicted molar refractivity (Wildman–Crippen MR) is 62.8 cm³/mol. The van der Waals surface area contributed by atoms with Gasteiger partial charge in [0.15, 0.2) is 11.6 Å². The van der Waals surface area contributed by atoms with E-state index in [4.69, 9.17) is 10.5 Å². The van der Waals surface area contributed by atoms with Crippen molar-refractivity contribution in [2.24, 2.45) is 0 Å². The van der Waals surface area contributed by atoms with E-state index in [1.54, 1.807) is 18.2 Å². The van der Waals surface area contributed by atoms with Gasteiger partial charge in [-0.15, -0.1) is 0 Å². The van der Waals surface area contributed by atoms with Crippen molar-refractivity contribution in [1.29, 1.82) is 0 Å². The second-order valence-electron chi connectivity index (χ2n) is 3.41. The van der Waals surface area contributed by atoms with Crippen LogP contribution in [0.5, 0.6) is 5.75 Å². The van der Waals surface area contributed by atoms with Gasteiger partial charge in [0.1, 0.15) is 0 Å². The fraction of sp³-hybridized carbons (Fsp3) is 0.0769. The SMILES string of the molecule is COc1c(F)cccc1-c1ccccc1N. The molecule has 2 rings (SSSR count). The van der Waals surface area contributed by atoms with Crippen molar-refractivity contribution in [3.63, 3.8) is 0 Å². The summed E-state index contributed by atoms with van der Waals surface area (Å²) in [7, 11) is 1.45. The second-order valence-corrected chi connectivity index (χ2v) is 3.41. The maximum absolute atomic E-state index is 13.5. The number of methoxy groups -OCH3 is 1. The Labute approximate surface area is 93.5 Å². The topological polar surface area (TPSA) is 35.2 Å². The highest BCUT2D eigenvalue weighted by atomic mass is 19.1. The second kappa shape index (κ2) is 4.23. The van der Waals surface area contributed by atoms with Gasteiger partial charge in [-0.2, -0.15) is 0 Å². The Balaban J connectivity index is 2.65. The Bertz CT molecular complexity index is 511. The van der Waals surface area contributed by atoms with Crippen molar-refractivity contribution in [3.05, 3.63) is 48.3 Å². The highest BCUT2D eigenvalue weighted by Crippen LogP contribution is 2.35. The van der Waals surface area contributed by atoms with Crippen molar-refractivity contribution in [1.82, 2.24) is 0 Å². The van der Waals surface area contributed by atoms with Gasteiger partial charge in [0.25, 0.3) is 0 Å². The molecule has 2 N–H and O–H groups in total. The quantitative estimate of drug-likeness (QED) is 0.784. The molecule has 0 saturated heterocycles. The lowest BCUT2D eigenvalue weighted by Gasteiger charge is -2.11. The van der Waals surface area contributed by atoms with Crippen LogP contribution in [-0.2, 0) is 0 Å². The summed E-state index contributed by atoms with van der Waals surface area (Å²) in [5, 5.41) is 0. The first-order valence-corrected chi connectivity index (χ1v) is 4.91. The lowest BCUT2D eigenvalue weighted by molar-refractivity contribution is 0.388. The zero-order valence-electron chi connectivity index (χ0n) is 8.91. The van der Waals surface area contributed by atoms with Gasteiger partial charge in [-0.3, -0.25) is 0 Å². The van der Waals surface area contributed by atoms with E-state index in [2.05, 4.69) is 0 Å². The summed E-state index contributed by atoms with van der Waals surface area (Å²) in [5.41, 5.74) is 7.90. The summed E-state index contributed by atoms with van der Waals surface area (Å²) in [6, 6.07) is 12.1. The number of rotatable bonds is 2. The molecule has 0 radical (unpaired) electrons. The van der Waals surface area contributed by atoms with E-state index < -0.39 is 0 Å². The summed E-state index contributed by atoms with van der Waals surface area (Å²) < 4.78 is 18.6. The molecular weight excluding hydrogens is 205 g/mol. The van der Waals surface area contributed by atoms with Crippen molar-refractivity contribution in [2.75, 3.05) is 12.8 Å². The number of nitrogens with two attached hydrogens (primary N) is 1. The van der Waals surface area contributed by atoms with Crippen molar-refractivity contribution in [2.45, 2.75) is 0 Å². The molecule has 2 nitrogen and oxygen atoms in total. The van der Waals surface area contributed by atoms with Crippen LogP contribution in [0.25, 0.3) is 11.1 Å². The molecule has 0 aliphatic rings. The Morgan fingerprint density at radius 2 is 1.69 bits per heavy atom. The van der Waals surface area contributed by atoms with E-state index in [1.807, 2.05) is 18.2 Å². The van der Waals surface area contributed by atoms with Gasteiger partial charge in [0, 0.05) is 16.8 Å². The maximum Gasteiger partial charge on any atom is 0.165 e. The van der Waals surface area contributed by atoms with Crippen LogP contribution in [-0.4, -0.2) is 7.11 Å². The van der Waals surface area contributed by atoms with Gasteiger partial charge in [0.05, 0.1) is 7.11 Å². The molecule has 0 aliphatic carbocycles. The van der Waals surface area contributed by atoms with Crippen LogP contribution < -0.4 is 10.5 Å². The minimum Gasteiger partial charge on any atom is -0.493 e. The molecule has 0 saturated carbocycles. The molecular formula is C13H12FNO. The number of anilines is 1. The number of halogens is 1. The molecule has 0 aromatic heterocycles. The van der Waals surface area contributed by atoms with Crippen LogP contribution in [0.4, 0.5) is 10.1 Å². The molecule has 3 heteroatoms. The number of benzene rings is 2. The lowest BCUT2D eigenvalue weighted by atomic mass is 10.0. The molecule has 2 aromatic carbocycles. The van der Waals surface area contributed by atoms with E-state index in [-0.39, 0.29) is 11.6 Å². The van der Waals surface area contributed by atoms with Crippen molar-refractivity contribution in [3.8, 4) is 16.9 Å². The summed E-state index contributed by atoms with van der Waals surface area (Å²) in [6.45, 7) is 0. The Hall–Kier alpha value is -2.03. The molecule has 0 aliphatic heterocycles. The number of nitrogen functional groups attached to an aromatic ring is 1. The fourth-order valence-electron chi connectivity index (χ4n) is 1.67. The minimum absolute atomic E-state index is 0.223. The number of hydrogen-bond donors (Lipinski definition) is 1.